The van der Waals surface area contributed by atoms with Crippen LogP contribution in [0.4, 0.5) is 35.1 Å². The van der Waals surface area contributed by atoms with Gasteiger partial charge in [0, 0.05) is 23.7 Å². The van der Waals surface area contributed by atoms with Crippen LogP contribution in [-0.2, 0) is 14.3 Å². The van der Waals surface area contributed by atoms with Gasteiger partial charge >= 0.3 is 23.7 Å². The summed E-state index contributed by atoms with van der Waals surface area (Å²) in [5, 5.41) is 36.0. The highest BCUT2D eigenvalue weighted by molar-refractivity contribution is 5.85. The molecule has 7 nitrogen and oxygen atoms in total. The first-order chi connectivity index (χ1) is 19.7. The lowest BCUT2D eigenvalue weighted by atomic mass is 9.51. The molecule has 0 aromatic rings. The Morgan fingerprint density at radius 1 is 0.651 bits per heavy atom. The van der Waals surface area contributed by atoms with E-state index in [-0.39, 0.29) is 23.7 Å². The highest BCUT2D eigenvalue weighted by atomic mass is 19.3. The van der Waals surface area contributed by atoms with E-state index in [1.165, 1.54) is 0 Å². The van der Waals surface area contributed by atoms with Gasteiger partial charge < -0.3 is 29.9 Å². The van der Waals surface area contributed by atoms with Crippen molar-refractivity contribution in [2.75, 3.05) is 26.4 Å². The van der Waals surface area contributed by atoms with Crippen molar-refractivity contribution in [2.45, 2.75) is 105 Å². The fraction of sp³-hybridized carbons (Fsp3) is 0.964. The van der Waals surface area contributed by atoms with E-state index in [2.05, 4.69) is 0 Å². The molecule has 43 heavy (non-hydrogen) atoms. The molecule has 8 aliphatic carbocycles. The van der Waals surface area contributed by atoms with Crippen LogP contribution in [0.3, 0.4) is 0 Å². The van der Waals surface area contributed by atoms with E-state index in [4.69, 9.17) is 19.7 Å². The lowest BCUT2D eigenvalue weighted by Crippen LogP contribution is -2.65. The van der Waals surface area contributed by atoms with E-state index in [9.17, 15) is 50.1 Å². The molecule has 1 aliphatic heterocycles. The molecule has 4 atom stereocenters. The second-order valence-electron chi connectivity index (χ2n) is 14.0. The molecule has 8 saturated carbocycles. The molecule has 9 fully saturated rings. The molecule has 248 valence electrons. The first-order valence-corrected chi connectivity index (χ1v) is 14.7. The summed E-state index contributed by atoms with van der Waals surface area (Å²) in [4.78, 5) is 11.6. The minimum atomic E-state index is -4.54. The van der Waals surface area contributed by atoms with Crippen LogP contribution in [-0.4, -0.2) is 93.3 Å². The lowest BCUT2D eigenvalue weighted by molar-refractivity contribution is -0.354. The van der Waals surface area contributed by atoms with Gasteiger partial charge in [-0.1, -0.05) is 0 Å². The number of ether oxygens (including phenoxy) is 2. The van der Waals surface area contributed by atoms with E-state index in [0.717, 1.165) is 32.1 Å². The minimum absolute atomic E-state index is 0.223. The molecule has 1 heterocycles. The van der Waals surface area contributed by atoms with Crippen LogP contribution < -0.4 is 0 Å². The Labute approximate surface area is 242 Å². The molecular formula is C28H38F8O7. The van der Waals surface area contributed by atoms with Crippen molar-refractivity contribution in [3.63, 3.8) is 0 Å². The normalized spacial score (nSPS) is 43.0. The second-order valence-corrected chi connectivity index (χ2v) is 14.0. The zero-order valence-electron chi connectivity index (χ0n) is 23.4. The molecule has 15 heteroatoms. The first kappa shape index (κ1) is 33.2. The van der Waals surface area contributed by atoms with Crippen molar-refractivity contribution in [3.05, 3.63) is 0 Å². The average molecular weight is 639 g/mol. The summed E-state index contributed by atoms with van der Waals surface area (Å²) in [6.45, 7) is -6.59. The third-order valence-electron chi connectivity index (χ3n) is 10.7. The van der Waals surface area contributed by atoms with Crippen molar-refractivity contribution < 1.29 is 69.8 Å². The molecule has 0 radical (unpaired) electrons. The number of aliphatic hydroxyl groups is 4. The van der Waals surface area contributed by atoms with Crippen molar-refractivity contribution in [2.24, 2.45) is 35.5 Å². The lowest BCUT2D eigenvalue weighted by Gasteiger charge is -2.62. The number of Topliss-reactive ketones (excluding diaryl/α,β-unsaturated/α-hetero) is 1. The average Bonchev–Trinajstić information content (AvgIpc) is 2.98. The molecule has 0 aromatic heterocycles. The summed E-state index contributed by atoms with van der Waals surface area (Å²) in [7, 11) is 0. The monoisotopic (exact) mass is 638 g/mol. The van der Waals surface area contributed by atoms with Gasteiger partial charge in [-0.2, -0.15) is 35.1 Å². The van der Waals surface area contributed by atoms with Crippen molar-refractivity contribution >= 4 is 5.78 Å². The summed E-state index contributed by atoms with van der Waals surface area (Å²) < 4.78 is 112. The third-order valence-corrected chi connectivity index (χ3v) is 10.7. The minimum Gasteiger partial charge on any atom is -0.390 e. The Morgan fingerprint density at radius 2 is 1.02 bits per heavy atom. The maximum atomic E-state index is 13.5. The number of carbonyl (C=O) groups is 1. The largest absolute Gasteiger partial charge is 0.390 e. The highest BCUT2D eigenvalue weighted by Gasteiger charge is 2.69. The second kappa shape index (κ2) is 10.7. The summed E-state index contributed by atoms with van der Waals surface area (Å²) in [6, 6.07) is 0. The number of rotatable bonds is 3. The van der Waals surface area contributed by atoms with Gasteiger partial charge in [-0.05, 0) is 76.0 Å². The topological polar surface area (TPSA) is 116 Å². The zero-order valence-corrected chi connectivity index (χ0v) is 23.4. The smallest absolute Gasteiger partial charge is 0.335 e. The Balaban J connectivity index is 0.000000142. The summed E-state index contributed by atoms with van der Waals surface area (Å²) >= 11 is 0. The van der Waals surface area contributed by atoms with Crippen LogP contribution in [0.2, 0.25) is 0 Å². The van der Waals surface area contributed by atoms with E-state index >= 15 is 0 Å². The fourth-order valence-corrected chi connectivity index (χ4v) is 8.95. The Bertz CT molecular complexity index is 1000. The highest BCUT2D eigenvalue weighted by Crippen LogP contribution is 2.62. The summed E-state index contributed by atoms with van der Waals surface area (Å²) in [6.07, 6.45) is 7.49. The predicted molar refractivity (Wildman–Crippen MR) is 131 cm³/mol. The SMILES string of the molecule is O=C1C2CC3CC1CC(O)(C3)C2.OC12CC3CC(C1)C1(OCC(F)(F)C(F)(F)CO1)C(C3)C2.OCC(F)(F)C(F)(F)CO. The number of hydrogen-bond donors (Lipinski definition) is 4. The molecule has 8 bridgehead atoms. The summed E-state index contributed by atoms with van der Waals surface area (Å²) in [5.41, 5.74) is -1.24. The molecule has 0 amide bonds. The van der Waals surface area contributed by atoms with Crippen LogP contribution in [0.5, 0.6) is 0 Å². The van der Waals surface area contributed by atoms with Gasteiger partial charge in [0.1, 0.15) is 32.2 Å². The number of halogens is 8. The van der Waals surface area contributed by atoms with Crippen molar-refractivity contribution in [3.8, 4) is 0 Å². The predicted octanol–water partition coefficient (Wildman–Crippen LogP) is 3.94. The van der Waals surface area contributed by atoms with Gasteiger partial charge in [0.2, 0.25) is 0 Å². The molecule has 4 N–H and O–H groups in total. The zero-order chi connectivity index (χ0) is 31.9. The molecule has 1 spiro atoms. The molecular weight excluding hydrogens is 600 g/mol. The van der Waals surface area contributed by atoms with Crippen LogP contribution in [0, 0.1) is 35.5 Å². The van der Waals surface area contributed by atoms with Crippen LogP contribution >= 0.6 is 0 Å². The number of aliphatic hydroxyl groups excluding tert-OH is 2. The van der Waals surface area contributed by atoms with E-state index in [1.54, 1.807) is 0 Å². The van der Waals surface area contributed by atoms with E-state index < -0.39 is 67.1 Å². The van der Waals surface area contributed by atoms with Gasteiger partial charge in [-0.3, -0.25) is 4.79 Å². The van der Waals surface area contributed by atoms with Gasteiger partial charge in [0.05, 0.1) is 11.2 Å². The number of alkyl halides is 8. The standard InChI is InChI=1S/C14H18F4O3.C10H14O2.C4H6F4O2/c15-12(16)6-20-14(21-7-13(12,17)18)9-1-8-2-10(14)5-11(19,3-8)4-9;11-9-7-1-6-2-8(9)5-10(12,3-6)4-7;5-3(6,1-9)4(7,8)2-10/h8-10,19H,1-7H2;6-8,12H,1-5H2;9-10H,1-2H2. The number of ketones is 1. The van der Waals surface area contributed by atoms with Crippen molar-refractivity contribution in [1.82, 2.24) is 0 Å². The molecule has 4 unspecified atom stereocenters. The third kappa shape index (κ3) is 5.84. The number of carbonyl (C=O) groups excluding carboxylic acids is 1. The Hall–Kier alpha value is -1.13. The maximum Gasteiger partial charge on any atom is 0.335 e. The van der Waals surface area contributed by atoms with Gasteiger partial charge in [0.15, 0.2) is 5.79 Å². The van der Waals surface area contributed by atoms with Crippen LogP contribution in [0.15, 0.2) is 0 Å². The maximum absolute atomic E-state index is 13.5. The quantitative estimate of drug-likeness (QED) is 0.346. The summed E-state index contributed by atoms with van der Waals surface area (Å²) in [5.74, 6) is -17.6. The van der Waals surface area contributed by atoms with E-state index in [1.807, 2.05) is 0 Å². The Kier molecular flexibility index (Phi) is 8.28. The number of hydrogen-bond acceptors (Lipinski definition) is 7. The first-order valence-electron chi connectivity index (χ1n) is 14.7. The van der Waals surface area contributed by atoms with Crippen LogP contribution in [0.25, 0.3) is 0 Å². The van der Waals surface area contributed by atoms with Gasteiger partial charge in [-0.15, -0.1) is 0 Å². The van der Waals surface area contributed by atoms with E-state index in [0.29, 0.717) is 49.7 Å². The Morgan fingerprint density at radius 3 is 1.37 bits per heavy atom. The van der Waals surface area contributed by atoms with Crippen LogP contribution in [0.1, 0.15) is 64.2 Å². The molecule has 0 aromatic carbocycles. The fourth-order valence-electron chi connectivity index (χ4n) is 8.95. The molecule has 9 aliphatic rings. The molecule has 9 rings (SSSR count). The molecule has 1 saturated heterocycles. The van der Waals surface area contributed by atoms with Gasteiger partial charge in [-0.25, -0.2) is 0 Å². The van der Waals surface area contributed by atoms with Gasteiger partial charge in [0.25, 0.3) is 0 Å². The van der Waals surface area contributed by atoms with Crippen molar-refractivity contribution in [1.29, 1.82) is 0 Å².